The lowest BCUT2D eigenvalue weighted by Crippen LogP contribution is -2.50. The van der Waals surface area contributed by atoms with Crippen LogP contribution in [0.5, 0.6) is 0 Å². The molecule has 2 saturated heterocycles. The highest BCUT2D eigenvalue weighted by Gasteiger charge is 2.33. The fraction of sp³-hybridized carbons (Fsp3) is 0.700. The molecular formula is C20H29N3O2S. The van der Waals surface area contributed by atoms with Crippen LogP contribution in [0.25, 0.3) is 0 Å². The Balaban J connectivity index is 1.26. The fourth-order valence-electron chi connectivity index (χ4n) is 4.73. The number of nitrogens with zero attached hydrogens (tertiary/aromatic N) is 3. The average Bonchev–Trinajstić information content (AvgIpc) is 3.15. The van der Waals surface area contributed by atoms with Crippen molar-refractivity contribution in [1.82, 2.24) is 14.7 Å². The molecule has 6 heteroatoms. The minimum Gasteiger partial charge on any atom is -0.343 e. The third-order valence-electron chi connectivity index (χ3n) is 6.42. The Morgan fingerprint density at radius 3 is 2.38 bits per heavy atom. The van der Waals surface area contributed by atoms with Crippen molar-refractivity contribution in [3.8, 4) is 0 Å². The summed E-state index contributed by atoms with van der Waals surface area (Å²) in [6, 6.07) is 2.89. The molecule has 0 atom stereocenters. The topological polar surface area (TPSA) is 43.9 Å². The molecule has 0 bridgehead atoms. The minimum atomic E-state index is 0.116. The zero-order valence-corrected chi connectivity index (χ0v) is 16.5. The van der Waals surface area contributed by atoms with Gasteiger partial charge in [-0.2, -0.15) is 0 Å². The number of likely N-dealkylation sites (tertiary alicyclic amines) is 2. The number of hydrogen-bond donors (Lipinski definition) is 0. The quantitative estimate of drug-likeness (QED) is 0.797. The van der Waals surface area contributed by atoms with Crippen molar-refractivity contribution in [2.45, 2.75) is 51.6 Å². The lowest BCUT2D eigenvalue weighted by atomic mass is 9.93. The number of carbonyl (C=O) groups is 2. The molecule has 0 spiro atoms. The number of fused-ring (bicyclic) bond motifs is 1. The maximum absolute atomic E-state index is 12.9. The van der Waals surface area contributed by atoms with Crippen LogP contribution in [-0.2, 0) is 22.6 Å². The molecule has 3 aliphatic rings. The van der Waals surface area contributed by atoms with Crippen molar-refractivity contribution in [3.05, 3.63) is 21.9 Å². The zero-order valence-electron chi connectivity index (χ0n) is 15.7. The Hall–Kier alpha value is -1.40. The lowest BCUT2D eigenvalue weighted by molar-refractivity contribution is -0.141. The Bertz CT molecular complexity index is 658. The molecule has 26 heavy (non-hydrogen) atoms. The molecule has 0 unspecified atom stereocenters. The molecule has 3 aliphatic heterocycles. The highest BCUT2D eigenvalue weighted by Crippen LogP contribution is 2.29. The van der Waals surface area contributed by atoms with Gasteiger partial charge < -0.3 is 9.80 Å². The van der Waals surface area contributed by atoms with Crippen molar-refractivity contribution >= 4 is 23.2 Å². The van der Waals surface area contributed by atoms with Gasteiger partial charge in [0, 0.05) is 63.0 Å². The van der Waals surface area contributed by atoms with Gasteiger partial charge in [0.15, 0.2) is 0 Å². The standard InChI is InChI=1S/C20H29N3O2S/c1-15(24)21-8-2-16(3-9-21)20(25)22-10-4-18(5-11-22)23-12-6-19-17(14-23)7-13-26-19/h7,13,16,18H,2-6,8-12,14H2,1H3. The normalized spacial score (nSPS) is 23.1. The van der Waals surface area contributed by atoms with Gasteiger partial charge in [-0.25, -0.2) is 0 Å². The van der Waals surface area contributed by atoms with E-state index in [1.165, 1.54) is 12.0 Å². The number of hydrogen-bond acceptors (Lipinski definition) is 4. The molecule has 0 radical (unpaired) electrons. The summed E-state index contributed by atoms with van der Waals surface area (Å²) < 4.78 is 0. The van der Waals surface area contributed by atoms with E-state index in [0.717, 1.165) is 65.0 Å². The third-order valence-corrected chi connectivity index (χ3v) is 7.44. The van der Waals surface area contributed by atoms with Gasteiger partial charge in [0.2, 0.25) is 11.8 Å². The summed E-state index contributed by atoms with van der Waals surface area (Å²) in [5, 5.41) is 2.22. The SMILES string of the molecule is CC(=O)N1CCC(C(=O)N2CCC(N3CCc4sccc4C3)CC2)CC1. The van der Waals surface area contributed by atoms with E-state index in [9.17, 15) is 9.59 Å². The van der Waals surface area contributed by atoms with Crippen LogP contribution in [0.1, 0.15) is 43.0 Å². The molecule has 1 aromatic heterocycles. The summed E-state index contributed by atoms with van der Waals surface area (Å²) in [5.74, 6) is 0.572. The van der Waals surface area contributed by atoms with Crippen molar-refractivity contribution in [1.29, 1.82) is 0 Å². The van der Waals surface area contributed by atoms with Gasteiger partial charge in [-0.05, 0) is 49.1 Å². The van der Waals surface area contributed by atoms with Gasteiger partial charge >= 0.3 is 0 Å². The van der Waals surface area contributed by atoms with E-state index in [0.29, 0.717) is 11.9 Å². The number of thiophene rings is 1. The zero-order chi connectivity index (χ0) is 18.1. The van der Waals surface area contributed by atoms with Crippen molar-refractivity contribution in [2.75, 3.05) is 32.7 Å². The van der Waals surface area contributed by atoms with E-state index >= 15 is 0 Å². The van der Waals surface area contributed by atoms with E-state index in [4.69, 9.17) is 0 Å². The average molecular weight is 376 g/mol. The molecule has 142 valence electrons. The summed E-state index contributed by atoms with van der Waals surface area (Å²) in [7, 11) is 0. The maximum atomic E-state index is 12.9. The number of rotatable bonds is 2. The molecule has 0 saturated carbocycles. The van der Waals surface area contributed by atoms with Crippen LogP contribution in [0.3, 0.4) is 0 Å². The van der Waals surface area contributed by atoms with E-state index in [1.54, 1.807) is 11.8 Å². The van der Waals surface area contributed by atoms with Crippen LogP contribution in [0.15, 0.2) is 11.4 Å². The fourth-order valence-corrected chi connectivity index (χ4v) is 5.62. The summed E-state index contributed by atoms with van der Waals surface area (Å²) in [6.07, 6.45) is 5.02. The van der Waals surface area contributed by atoms with Crippen molar-refractivity contribution < 1.29 is 9.59 Å². The lowest BCUT2D eigenvalue weighted by Gasteiger charge is -2.41. The summed E-state index contributed by atoms with van der Waals surface area (Å²) in [6.45, 7) is 7.12. The first-order chi connectivity index (χ1) is 12.6. The van der Waals surface area contributed by atoms with E-state index < -0.39 is 0 Å². The number of piperidine rings is 2. The first-order valence-electron chi connectivity index (χ1n) is 9.95. The van der Waals surface area contributed by atoms with Gasteiger partial charge in [-0.15, -0.1) is 11.3 Å². The Labute approximate surface area is 159 Å². The van der Waals surface area contributed by atoms with Crippen molar-refractivity contribution in [3.63, 3.8) is 0 Å². The highest BCUT2D eigenvalue weighted by molar-refractivity contribution is 7.10. The Morgan fingerprint density at radius 2 is 1.69 bits per heavy atom. The molecular weight excluding hydrogens is 346 g/mol. The van der Waals surface area contributed by atoms with E-state index in [2.05, 4.69) is 21.2 Å². The predicted octanol–water partition coefficient (Wildman–Crippen LogP) is 2.36. The molecule has 2 amide bonds. The van der Waals surface area contributed by atoms with Crippen LogP contribution >= 0.6 is 11.3 Å². The summed E-state index contributed by atoms with van der Waals surface area (Å²) in [4.78, 5) is 32.4. The van der Waals surface area contributed by atoms with Gasteiger partial charge in [-0.3, -0.25) is 14.5 Å². The maximum Gasteiger partial charge on any atom is 0.225 e. The molecule has 0 N–H and O–H groups in total. The van der Waals surface area contributed by atoms with Crippen LogP contribution in [0.4, 0.5) is 0 Å². The first-order valence-corrected chi connectivity index (χ1v) is 10.8. The first kappa shape index (κ1) is 18.0. The van der Waals surface area contributed by atoms with Crippen LogP contribution < -0.4 is 0 Å². The molecule has 4 heterocycles. The summed E-state index contributed by atoms with van der Waals surface area (Å²) in [5.41, 5.74) is 1.51. The van der Waals surface area contributed by atoms with Gasteiger partial charge in [-0.1, -0.05) is 0 Å². The molecule has 4 rings (SSSR count). The number of carbonyl (C=O) groups excluding carboxylic acids is 2. The van der Waals surface area contributed by atoms with Gasteiger partial charge in [0.05, 0.1) is 0 Å². The predicted molar refractivity (Wildman–Crippen MR) is 103 cm³/mol. The Kier molecular flexibility index (Phi) is 5.32. The van der Waals surface area contributed by atoms with Gasteiger partial charge in [0.1, 0.15) is 0 Å². The molecule has 0 aliphatic carbocycles. The van der Waals surface area contributed by atoms with E-state index in [-0.39, 0.29) is 11.8 Å². The second-order valence-corrected chi connectivity index (χ2v) is 8.93. The van der Waals surface area contributed by atoms with E-state index in [1.807, 2.05) is 16.2 Å². The summed E-state index contributed by atoms with van der Waals surface area (Å²) >= 11 is 1.89. The monoisotopic (exact) mass is 375 g/mol. The molecule has 5 nitrogen and oxygen atoms in total. The van der Waals surface area contributed by atoms with Crippen molar-refractivity contribution in [2.24, 2.45) is 5.92 Å². The smallest absolute Gasteiger partial charge is 0.225 e. The highest BCUT2D eigenvalue weighted by atomic mass is 32.1. The second kappa shape index (κ2) is 7.69. The van der Waals surface area contributed by atoms with Crippen LogP contribution in [0.2, 0.25) is 0 Å². The molecule has 1 aromatic rings. The van der Waals surface area contributed by atoms with Crippen LogP contribution in [0, 0.1) is 5.92 Å². The number of amides is 2. The van der Waals surface area contributed by atoms with Gasteiger partial charge in [0.25, 0.3) is 0 Å². The van der Waals surface area contributed by atoms with Crippen LogP contribution in [-0.4, -0.2) is 65.3 Å². The minimum absolute atomic E-state index is 0.116. The second-order valence-electron chi connectivity index (χ2n) is 7.93. The largest absolute Gasteiger partial charge is 0.343 e. The molecule has 2 fully saturated rings. The third kappa shape index (κ3) is 3.67. The Morgan fingerprint density at radius 1 is 1.00 bits per heavy atom. The molecule has 0 aromatic carbocycles.